The molecule has 7 heteroatoms. The van der Waals surface area contributed by atoms with E-state index >= 15 is 0 Å². The third-order valence-corrected chi connectivity index (χ3v) is 4.14. The number of hydrogen-bond donors (Lipinski definition) is 4. The number of nitrogens with two attached hydrogens (primary N) is 2. The van der Waals surface area contributed by atoms with Gasteiger partial charge in [0.15, 0.2) is 0 Å². The van der Waals surface area contributed by atoms with Crippen molar-refractivity contribution < 1.29 is 0 Å². The fourth-order valence-electron chi connectivity index (χ4n) is 2.40. The van der Waals surface area contributed by atoms with Gasteiger partial charge in [-0.2, -0.15) is 4.98 Å². The van der Waals surface area contributed by atoms with Crippen LogP contribution in [-0.4, -0.2) is 9.97 Å². The molecule has 0 unspecified atom stereocenters. The first-order valence-corrected chi connectivity index (χ1v) is 8.39. The second-order valence-electron chi connectivity index (χ2n) is 6.16. The zero-order valence-electron chi connectivity index (χ0n) is 14.0. The van der Waals surface area contributed by atoms with E-state index in [2.05, 4.69) is 27.2 Å². The van der Waals surface area contributed by atoms with Crippen molar-refractivity contribution in [3.63, 3.8) is 0 Å². The van der Waals surface area contributed by atoms with Crippen LogP contribution in [0.2, 0.25) is 5.02 Å². The summed E-state index contributed by atoms with van der Waals surface area (Å²) in [5.41, 5.74) is 14.9. The van der Waals surface area contributed by atoms with Gasteiger partial charge in [0.1, 0.15) is 11.6 Å². The van der Waals surface area contributed by atoms with Crippen molar-refractivity contribution in [1.29, 1.82) is 0 Å². The van der Waals surface area contributed by atoms with Crippen molar-refractivity contribution in [3.05, 3.63) is 59.0 Å². The Morgan fingerprint density at radius 3 is 2.80 bits per heavy atom. The molecule has 0 atom stereocenters. The normalized spacial score (nSPS) is 14.2. The highest BCUT2D eigenvalue weighted by Gasteiger charge is 2.23. The van der Waals surface area contributed by atoms with Gasteiger partial charge in [-0.25, -0.2) is 4.98 Å². The summed E-state index contributed by atoms with van der Waals surface area (Å²) < 4.78 is 0. The van der Waals surface area contributed by atoms with Crippen molar-refractivity contribution in [2.75, 3.05) is 16.4 Å². The molecule has 0 saturated heterocycles. The molecule has 1 aromatic heterocycles. The Bertz CT molecular complexity index is 841. The maximum Gasteiger partial charge on any atom is 0.229 e. The molecule has 25 heavy (non-hydrogen) atoms. The number of benzene rings is 1. The number of rotatable bonds is 6. The molecule has 1 aliphatic carbocycles. The molecule has 6 N–H and O–H groups in total. The molecule has 1 aromatic carbocycles. The molecule has 3 rings (SSSR count). The highest BCUT2D eigenvalue weighted by molar-refractivity contribution is 6.33. The maximum absolute atomic E-state index is 6.17. The van der Waals surface area contributed by atoms with Crippen LogP contribution in [0.15, 0.2) is 48.3 Å². The fourth-order valence-corrected chi connectivity index (χ4v) is 2.57. The number of hydrogen-bond acceptors (Lipinski definition) is 6. The number of aryl methyl sites for hydroxylation is 1. The van der Waals surface area contributed by atoms with Gasteiger partial charge in [-0.1, -0.05) is 18.2 Å². The van der Waals surface area contributed by atoms with E-state index in [9.17, 15) is 0 Å². The molecule has 0 aliphatic heterocycles. The summed E-state index contributed by atoms with van der Waals surface area (Å²) >= 11 is 6.17. The summed E-state index contributed by atoms with van der Waals surface area (Å²) in [5, 5.41) is 6.70. The predicted molar refractivity (Wildman–Crippen MR) is 104 cm³/mol. The van der Waals surface area contributed by atoms with E-state index in [1.807, 2.05) is 19.1 Å². The minimum Gasteiger partial charge on any atom is -0.399 e. The molecule has 1 aliphatic rings. The summed E-state index contributed by atoms with van der Waals surface area (Å²) in [6, 6.07) is 7.00. The molecule has 0 bridgehead atoms. The monoisotopic (exact) mass is 356 g/mol. The number of allylic oxidation sites excluding steroid dienone is 2. The standard InChI is InChI=1S/C18H21ClN6/c1-10(12-3-4-12)7-16(21)24-17-8-11(2)22-18(25-17)23-15-9-13(20)5-6-14(15)19/h5-9,12H,1,3-4,20-21H2,2H3,(H2,22,23,24,25)/b16-7+. The minimum atomic E-state index is 0.406. The molecule has 0 spiro atoms. The average molecular weight is 357 g/mol. The molecule has 2 aromatic rings. The van der Waals surface area contributed by atoms with Crippen LogP contribution in [0.5, 0.6) is 0 Å². The molecule has 0 amide bonds. The van der Waals surface area contributed by atoms with Crippen LogP contribution in [0.1, 0.15) is 18.5 Å². The van der Waals surface area contributed by atoms with Gasteiger partial charge < -0.3 is 22.1 Å². The molecular formula is C18H21ClN6. The van der Waals surface area contributed by atoms with Crippen molar-refractivity contribution in [2.45, 2.75) is 19.8 Å². The van der Waals surface area contributed by atoms with E-state index in [1.54, 1.807) is 18.2 Å². The van der Waals surface area contributed by atoms with Crippen molar-refractivity contribution >= 4 is 34.7 Å². The van der Waals surface area contributed by atoms with Gasteiger partial charge in [-0.15, -0.1) is 0 Å². The molecule has 6 nitrogen and oxygen atoms in total. The topological polar surface area (TPSA) is 102 Å². The summed E-state index contributed by atoms with van der Waals surface area (Å²) in [7, 11) is 0. The molecule has 1 fully saturated rings. The number of halogens is 1. The number of nitrogens with zero attached hydrogens (tertiary/aromatic N) is 2. The van der Waals surface area contributed by atoms with E-state index in [0.29, 0.717) is 39.9 Å². The minimum absolute atomic E-state index is 0.406. The van der Waals surface area contributed by atoms with E-state index in [-0.39, 0.29) is 0 Å². The van der Waals surface area contributed by atoms with Gasteiger partial charge in [-0.3, -0.25) is 0 Å². The number of nitrogens with one attached hydrogen (secondary N) is 2. The Balaban J connectivity index is 1.78. The van der Waals surface area contributed by atoms with Crippen LogP contribution in [-0.2, 0) is 0 Å². The van der Waals surface area contributed by atoms with Gasteiger partial charge in [0, 0.05) is 17.4 Å². The second-order valence-corrected chi connectivity index (χ2v) is 6.56. The summed E-state index contributed by atoms with van der Waals surface area (Å²) in [6.07, 6.45) is 4.23. The van der Waals surface area contributed by atoms with Gasteiger partial charge in [0.25, 0.3) is 0 Å². The number of aromatic nitrogens is 2. The van der Waals surface area contributed by atoms with Crippen molar-refractivity contribution in [2.24, 2.45) is 11.7 Å². The summed E-state index contributed by atoms with van der Waals surface area (Å²) in [6.45, 7) is 5.92. The smallest absolute Gasteiger partial charge is 0.229 e. The van der Waals surface area contributed by atoms with Gasteiger partial charge in [0.2, 0.25) is 5.95 Å². The fraction of sp³-hybridized carbons (Fsp3) is 0.222. The molecular weight excluding hydrogens is 336 g/mol. The summed E-state index contributed by atoms with van der Waals surface area (Å²) in [5.74, 6) is 2.06. The first kappa shape index (κ1) is 17.1. The van der Waals surface area contributed by atoms with Crippen LogP contribution in [0.25, 0.3) is 0 Å². The lowest BCUT2D eigenvalue weighted by molar-refractivity contribution is 1.04. The van der Waals surface area contributed by atoms with Crippen molar-refractivity contribution in [3.8, 4) is 0 Å². The zero-order chi connectivity index (χ0) is 18.0. The average Bonchev–Trinajstić information content (AvgIpc) is 3.35. The maximum atomic E-state index is 6.17. The molecule has 1 heterocycles. The van der Waals surface area contributed by atoms with Crippen LogP contribution >= 0.6 is 11.6 Å². The van der Waals surface area contributed by atoms with Gasteiger partial charge in [0.05, 0.1) is 10.7 Å². The molecule has 1 saturated carbocycles. The van der Waals surface area contributed by atoms with Crippen LogP contribution in [0.4, 0.5) is 23.1 Å². The lowest BCUT2D eigenvalue weighted by atomic mass is 10.2. The predicted octanol–water partition coefficient (Wildman–Crippen LogP) is 3.94. The third kappa shape index (κ3) is 4.64. The van der Waals surface area contributed by atoms with Gasteiger partial charge >= 0.3 is 0 Å². The van der Waals surface area contributed by atoms with E-state index < -0.39 is 0 Å². The van der Waals surface area contributed by atoms with E-state index in [4.69, 9.17) is 23.1 Å². The molecule has 0 radical (unpaired) electrons. The Hall–Kier alpha value is -2.73. The Morgan fingerprint density at radius 1 is 1.32 bits per heavy atom. The highest BCUT2D eigenvalue weighted by Crippen LogP contribution is 2.36. The lowest BCUT2D eigenvalue weighted by Crippen LogP contribution is -2.12. The third-order valence-electron chi connectivity index (χ3n) is 3.81. The summed E-state index contributed by atoms with van der Waals surface area (Å²) in [4.78, 5) is 8.79. The zero-order valence-corrected chi connectivity index (χ0v) is 14.8. The number of anilines is 4. The first-order chi connectivity index (χ1) is 11.9. The van der Waals surface area contributed by atoms with Crippen LogP contribution in [0, 0.1) is 12.8 Å². The van der Waals surface area contributed by atoms with E-state index in [0.717, 1.165) is 11.3 Å². The quantitative estimate of drug-likeness (QED) is 0.462. The van der Waals surface area contributed by atoms with Gasteiger partial charge in [-0.05, 0) is 55.5 Å². The van der Waals surface area contributed by atoms with E-state index in [1.165, 1.54) is 12.8 Å². The molecule has 130 valence electrons. The Labute approximate surface area is 152 Å². The highest BCUT2D eigenvalue weighted by atomic mass is 35.5. The van der Waals surface area contributed by atoms with Crippen LogP contribution < -0.4 is 22.1 Å². The van der Waals surface area contributed by atoms with Crippen LogP contribution in [0.3, 0.4) is 0 Å². The van der Waals surface area contributed by atoms with Crippen molar-refractivity contribution in [1.82, 2.24) is 9.97 Å². The SMILES string of the molecule is C=C(/C=C(\N)Nc1cc(C)nc(Nc2cc(N)ccc2Cl)n1)C1CC1. The number of nitrogen functional groups attached to an aromatic ring is 1. The first-order valence-electron chi connectivity index (χ1n) is 8.01. The Kier molecular flexibility index (Phi) is 4.81. The lowest BCUT2D eigenvalue weighted by Gasteiger charge is -2.11. The Morgan fingerprint density at radius 2 is 2.08 bits per heavy atom. The second kappa shape index (κ2) is 7.03. The largest absolute Gasteiger partial charge is 0.399 e.